The Hall–Kier alpha value is -0.0300. The smallest absolute Gasteiger partial charge is 0.0593 e. The summed E-state index contributed by atoms with van der Waals surface area (Å²) < 4.78 is 0. The molecule has 0 amide bonds. The van der Waals surface area contributed by atoms with Gasteiger partial charge in [0.25, 0.3) is 0 Å². The van der Waals surface area contributed by atoms with Crippen molar-refractivity contribution in [3.8, 4) is 0 Å². The van der Waals surface area contributed by atoms with Crippen LogP contribution >= 0.6 is 23.1 Å². The van der Waals surface area contributed by atoms with Gasteiger partial charge in [0.15, 0.2) is 0 Å². The lowest BCUT2D eigenvalue weighted by Gasteiger charge is -2.32. The lowest BCUT2D eigenvalue weighted by atomic mass is 10.0. The van der Waals surface area contributed by atoms with E-state index in [2.05, 4.69) is 43.5 Å². The predicted octanol–water partition coefficient (Wildman–Crippen LogP) is 3.13. The molecule has 0 aliphatic rings. The first-order chi connectivity index (χ1) is 8.11. The zero-order valence-corrected chi connectivity index (χ0v) is 12.9. The fraction of sp³-hybridized carbons (Fsp3) is 0.692. The summed E-state index contributed by atoms with van der Waals surface area (Å²) >= 11 is 3.72. The summed E-state index contributed by atoms with van der Waals surface area (Å²) in [5.74, 6) is 1.16. The third-order valence-electron chi connectivity index (χ3n) is 3.17. The Balaban J connectivity index is 2.84. The molecule has 4 heteroatoms. The summed E-state index contributed by atoms with van der Waals surface area (Å²) in [6, 6.07) is 2.78. The van der Waals surface area contributed by atoms with Crippen LogP contribution in [0.5, 0.6) is 0 Å². The number of hydrogen-bond donors (Lipinski definition) is 1. The highest BCUT2D eigenvalue weighted by Gasteiger charge is 2.25. The van der Waals surface area contributed by atoms with E-state index in [9.17, 15) is 0 Å². The van der Waals surface area contributed by atoms with Crippen LogP contribution in [0.2, 0.25) is 0 Å². The van der Waals surface area contributed by atoms with Gasteiger partial charge in [-0.25, -0.2) is 0 Å². The quantitative estimate of drug-likeness (QED) is 0.827. The van der Waals surface area contributed by atoms with Crippen LogP contribution in [-0.4, -0.2) is 36.5 Å². The molecule has 0 fully saturated rings. The maximum Gasteiger partial charge on any atom is 0.0593 e. The highest BCUT2D eigenvalue weighted by molar-refractivity contribution is 7.98. The minimum absolute atomic E-state index is 0.221. The van der Waals surface area contributed by atoms with E-state index in [4.69, 9.17) is 5.73 Å². The highest BCUT2D eigenvalue weighted by atomic mass is 32.2. The fourth-order valence-corrected chi connectivity index (χ4v) is 3.64. The molecule has 2 nitrogen and oxygen atoms in total. The zero-order valence-electron chi connectivity index (χ0n) is 11.3. The zero-order chi connectivity index (χ0) is 12.8. The molecule has 0 aromatic carbocycles. The number of nitrogens with zero attached hydrogens (tertiary/aromatic N) is 1. The van der Waals surface area contributed by atoms with Gasteiger partial charge in [-0.3, -0.25) is 4.90 Å². The molecule has 98 valence electrons. The molecule has 1 heterocycles. The molecule has 0 radical (unpaired) electrons. The predicted molar refractivity (Wildman–Crippen MR) is 81.1 cm³/mol. The number of hydrogen-bond acceptors (Lipinski definition) is 4. The van der Waals surface area contributed by atoms with E-state index >= 15 is 0 Å². The first-order valence-electron chi connectivity index (χ1n) is 6.10. The van der Waals surface area contributed by atoms with Crippen molar-refractivity contribution in [3.63, 3.8) is 0 Å². The summed E-state index contributed by atoms with van der Waals surface area (Å²) in [6.07, 6.45) is 3.17. The molecule has 0 spiro atoms. The second kappa shape index (κ2) is 7.41. The Morgan fingerprint density at radius 3 is 2.71 bits per heavy atom. The lowest BCUT2D eigenvalue weighted by molar-refractivity contribution is 0.224. The van der Waals surface area contributed by atoms with Crippen LogP contribution in [0.1, 0.15) is 29.8 Å². The standard InChI is InChI=1S/C13H24N2S2/c1-5-11(14)12(15(3)7-9-16-4)13-10(2)6-8-17-13/h6,8,11-12H,5,7,9,14H2,1-4H3. The van der Waals surface area contributed by atoms with Gasteiger partial charge in [0.1, 0.15) is 0 Å². The van der Waals surface area contributed by atoms with Gasteiger partial charge in [-0.05, 0) is 43.7 Å². The summed E-state index contributed by atoms with van der Waals surface area (Å²) in [7, 11) is 2.19. The molecule has 17 heavy (non-hydrogen) atoms. The van der Waals surface area contributed by atoms with Crippen molar-refractivity contribution in [2.45, 2.75) is 32.4 Å². The fourth-order valence-electron chi connectivity index (χ4n) is 2.01. The van der Waals surface area contributed by atoms with Gasteiger partial charge in [-0.2, -0.15) is 11.8 Å². The van der Waals surface area contributed by atoms with E-state index in [1.165, 1.54) is 10.4 Å². The van der Waals surface area contributed by atoms with Gasteiger partial charge in [0, 0.05) is 23.2 Å². The van der Waals surface area contributed by atoms with Gasteiger partial charge in [-0.1, -0.05) is 6.92 Å². The molecule has 2 N–H and O–H groups in total. The molecular weight excluding hydrogens is 248 g/mol. The van der Waals surface area contributed by atoms with Crippen LogP contribution < -0.4 is 5.73 Å². The molecule has 0 bridgehead atoms. The summed E-state index contributed by atoms with van der Waals surface area (Å²) in [6.45, 7) is 5.45. The van der Waals surface area contributed by atoms with Crippen LogP contribution in [-0.2, 0) is 0 Å². The van der Waals surface area contributed by atoms with E-state index in [0.29, 0.717) is 6.04 Å². The Morgan fingerprint density at radius 2 is 2.24 bits per heavy atom. The molecule has 0 saturated carbocycles. The first kappa shape index (κ1) is 15.0. The van der Waals surface area contributed by atoms with E-state index in [0.717, 1.165) is 18.7 Å². The second-order valence-electron chi connectivity index (χ2n) is 4.46. The maximum absolute atomic E-state index is 6.31. The van der Waals surface area contributed by atoms with Crippen molar-refractivity contribution < 1.29 is 0 Å². The summed E-state index contributed by atoms with van der Waals surface area (Å²) in [4.78, 5) is 3.84. The normalized spacial score (nSPS) is 15.2. The Kier molecular flexibility index (Phi) is 6.55. The number of thioether (sulfide) groups is 1. The van der Waals surface area contributed by atoms with E-state index in [1.54, 1.807) is 0 Å². The molecule has 1 aromatic heterocycles. The van der Waals surface area contributed by atoms with Crippen LogP contribution in [0.15, 0.2) is 11.4 Å². The minimum Gasteiger partial charge on any atom is -0.326 e. The largest absolute Gasteiger partial charge is 0.326 e. The van der Waals surface area contributed by atoms with Gasteiger partial charge in [-0.15, -0.1) is 11.3 Å². The maximum atomic E-state index is 6.31. The summed E-state index contributed by atoms with van der Waals surface area (Å²) in [5.41, 5.74) is 7.68. The van der Waals surface area contributed by atoms with Crippen molar-refractivity contribution in [3.05, 3.63) is 21.9 Å². The van der Waals surface area contributed by atoms with Crippen molar-refractivity contribution in [2.75, 3.05) is 25.6 Å². The Bertz CT molecular complexity index is 325. The van der Waals surface area contributed by atoms with E-state index in [1.807, 2.05) is 23.1 Å². The van der Waals surface area contributed by atoms with Crippen LogP contribution in [0.4, 0.5) is 0 Å². The van der Waals surface area contributed by atoms with Crippen LogP contribution in [0.3, 0.4) is 0 Å². The van der Waals surface area contributed by atoms with Crippen molar-refractivity contribution in [1.29, 1.82) is 0 Å². The first-order valence-corrected chi connectivity index (χ1v) is 8.37. The number of nitrogens with two attached hydrogens (primary N) is 1. The molecular formula is C13H24N2S2. The number of aryl methyl sites for hydroxylation is 1. The van der Waals surface area contributed by atoms with Crippen molar-refractivity contribution in [2.24, 2.45) is 5.73 Å². The Morgan fingerprint density at radius 1 is 1.53 bits per heavy atom. The average Bonchev–Trinajstić information content (AvgIpc) is 2.73. The van der Waals surface area contributed by atoms with E-state index < -0.39 is 0 Å². The van der Waals surface area contributed by atoms with Crippen molar-refractivity contribution in [1.82, 2.24) is 4.90 Å². The number of thiophene rings is 1. The number of likely N-dealkylation sites (N-methyl/N-ethyl adjacent to an activating group) is 1. The van der Waals surface area contributed by atoms with Crippen molar-refractivity contribution >= 4 is 23.1 Å². The van der Waals surface area contributed by atoms with Gasteiger partial charge in [0.05, 0.1) is 6.04 Å². The SMILES string of the molecule is CCC(N)C(c1sccc1C)N(C)CCSC. The van der Waals surface area contributed by atoms with Gasteiger partial charge < -0.3 is 5.73 Å². The molecule has 0 aliphatic heterocycles. The second-order valence-corrected chi connectivity index (χ2v) is 6.39. The van der Waals surface area contributed by atoms with Gasteiger partial charge >= 0.3 is 0 Å². The van der Waals surface area contributed by atoms with Crippen LogP contribution in [0.25, 0.3) is 0 Å². The third kappa shape index (κ3) is 3.98. The molecule has 1 aromatic rings. The monoisotopic (exact) mass is 272 g/mol. The molecule has 2 atom stereocenters. The lowest BCUT2D eigenvalue weighted by Crippen LogP contribution is -2.39. The minimum atomic E-state index is 0.221. The van der Waals surface area contributed by atoms with E-state index in [-0.39, 0.29) is 6.04 Å². The topological polar surface area (TPSA) is 29.3 Å². The van der Waals surface area contributed by atoms with Gasteiger partial charge in [0.2, 0.25) is 0 Å². The average molecular weight is 272 g/mol. The Labute approximate surface area is 114 Å². The molecule has 2 unspecified atom stereocenters. The number of rotatable bonds is 7. The summed E-state index contributed by atoms with van der Waals surface area (Å²) in [5, 5.41) is 2.17. The highest BCUT2D eigenvalue weighted by Crippen LogP contribution is 2.31. The molecule has 0 aliphatic carbocycles. The molecule has 0 saturated heterocycles. The van der Waals surface area contributed by atoms with Crippen LogP contribution in [0, 0.1) is 6.92 Å². The third-order valence-corrected chi connectivity index (χ3v) is 4.85. The molecule has 1 rings (SSSR count).